The molecule has 0 heterocycles. The van der Waals surface area contributed by atoms with Crippen LogP contribution in [0.1, 0.15) is 19.4 Å². The standard InChI is InChI=1S/C15H20N2OS/c1-3-17(11-12(2)10-16)15(18)14(19)9-13-7-5-4-6-8-13/h4-8,12,14,19H,3,9,11H2,1-2H3. The van der Waals surface area contributed by atoms with Crippen LogP contribution in [0.3, 0.4) is 0 Å². The zero-order valence-corrected chi connectivity index (χ0v) is 12.3. The quantitative estimate of drug-likeness (QED) is 0.811. The first kappa shape index (κ1) is 15.6. The van der Waals surface area contributed by atoms with E-state index >= 15 is 0 Å². The average molecular weight is 276 g/mol. The van der Waals surface area contributed by atoms with Crippen molar-refractivity contribution in [1.29, 1.82) is 5.26 Å². The van der Waals surface area contributed by atoms with Crippen LogP contribution in [0, 0.1) is 17.2 Å². The maximum atomic E-state index is 12.3. The highest BCUT2D eigenvalue weighted by Gasteiger charge is 2.21. The Morgan fingerprint density at radius 1 is 1.42 bits per heavy atom. The van der Waals surface area contributed by atoms with Gasteiger partial charge in [-0.2, -0.15) is 17.9 Å². The summed E-state index contributed by atoms with van der Waals surface area (Å²) < 4.78 is 0. The van der Waals surface area contributed by atoms with Crippen molar-refractivity contribution in [2.24, 2.45) is 5.92 Å². The van der Waals surface area contributed by atoms with Gasteiger partial charge in [-0.1, -0.05) is 30.3 Å². The lowest BCUT2D eigenvalue weighted by Crippen LogP contribution is -2.40. The highest BCUT2D eigenvalue weighted by Crippen LogP contribution is 2.12. The molecular formula is C15H20N2OS. The number of nitrogens with zero attached hydrogens (tertiary/aromatic N) is 2. The smallest absolute Gasteiger partial charge is 0.235 e. The molecule has 3 nitrogen and oxygen atoms in total. The van der Waals surface area contributed by atoms with Crippen LogP contribution < -0.4 is 0 Å². The Kier molecular flexibility index (Phi) is 6.44. The minimum atomic E-state index is -0.353. The number of rotatable bonds is 6. The van der Waals surface area contributed by atoms with Crippen molar-refractivity contribution in [2.75, 3.05) is 13.1 Å². The van der Waals surface area contributed by atoms with E-state index < -0.39 is 0 Å². The van der Waals surface area contributed by atoms with Gasteiger partial charge in [0.1, 0.15) is 0 Å². The molecule has 1 rings (SSSR count). The molecule has 0 aromatic heterocycles. The Hall–Kier alpha value is -1.47. The highest BCUT2D eigenvalue weighted by atomic mass is 32.1. The van der Waals surface area contributed by atoms with Crippen LogP contribution in [0.5, 0.6) is 0 Å². The summed E-state index contributed by atoms with van der Waals surface area (Å²) in [4.78, 5) is 14.0. The van der Waals surface area contributed by atoms with E-state index in [1.807, 2.05) is 44.2 Å². The third-order valence-corrected chi connectivity index (χ3v) is 3.37. The number of amides is 1. The Labute approximate surface area is 120 Å². The van der Waals surface area contributed by atoms with Gasteiger partial charge >= 0.3 is 0 Å². The largest absolute Gasteiger partial charge is 0.341 e. The summed E-state index contributed by atoms with van der Waals surface area (Å²) in [5.41, 5.74) is 1.10. The fourth-order valence-electron chi connectivity index (χ4n) is 1.88. The normalized spacial score (nSPS) is 13.4. The summed E-state index contributed by atoms with van der Waals surface area (Å²) in [7, 11) is 0. The minimum Gasteiger partial charge on any atom is -0.341 e. The van der Waals surface area contributed by atoms with Crippen LogP contribution in [-0.2, 0) is 11.2 Å². The highest BCUT2D eigenvalue weighted by molar-refractivity contribution is 7.81. The maximum Gasteiger partial charge on any atom is 0.235 e. The van der Waals surface area contributed by atoms with E-state index in [-0.39, 0.29) is 17.1 Å². The van der Waals surface area contributed by atoms with Gasteiger partial charge < -0.3 is 4.90 Å². The molecule has 0 spiro atoms. The van der Waals surface area contributed by atoms with Gasteiger partial charge in [0.2, 0.25) is 5.91 Å². The van der Waals surface area contributed by atoms with Crippen molar-refractivity contribution in [2.45, 2.75) is 25.5 Å². The van der Waals surface area contributed by atoms with E-state index in [1.165, 1.54) is 0 Å². The minimum absolute atomic E-state index is 0.00298. The first-order valence-electron chi connectivity index (χ1n) is 6.48. The summed E-state index contributed by atoms with van der Waals surface area (Å²) >= 11 is 4.41. The second-order valence-corrected chi connectivity index (χ2v) is 5.24. The molecule has 2 unspecified atom stereocenters. The van der Waals surface area contributed by atoms with E-state index in [4.69, 9.17) is 5.26 Å². The number of carbonyl (C=O) groups is 1. The molecule has 102 valence electrons. The Balaban J connectivity index is 2.62. The van der Waals surface area contributed by atoms with E-state index in [9.17, 15) is 4.79 Å². The number of thiol groups is 1. The van der Waals surface area contributed by atoms with Gasteiger partial charge in [-0.05, 0) is 25.8 Å². The summed E-state index contributed by atoms with van der Waals surface area (Å²) in [6.07, 6.45) is 0.611. The molecule has 0 bridgehead atoms. The van der Waals surface area contributed by atoms with E-state index in [1.54, 1.807) is 4.90 Å². The van der Waals surface area contributed by atoms with Gasteiger partial charge in [0, 0.05) is 13.1 Å². The van der Waals surface area contributed by atoms with Crippen LogP contribution in [0.25, 0.3) is 0 Å². The van der Waals surface area contributed by atoms with Gasteiger partial charge in [0.15, 0.2) is 0 Å². The first-order valence-corrected chi connectivity index (χ1v) is 7.00. The van der Waals surface area contributed by atoms with Crippen molar-refractivity contribution >= 4 is 18.5 Å². The van der Waals surface area contributed by atoms with Crippen molar-refractivity contribution in [3.05, 3.63) is 35.9 Å². The Bertz CT molecular complexity index is 441. The van der Waals surface area contributed by atoms with Gasteiger partial charge in [0.05, 0.1) is 17.2 Å². The third-order valence-electron chi connectivity index (χ3n) is 2.96. The second-order valence-electron chi connectivity index (χ2n) is 4.61. The summed E-state index contributed by atoms with van der Waals surface area (Å²) in [5, 5.41) is 8.47. The van der Waals surface area contributed by atoms with Gasteiger partial charge in [-0.15, -0.1) is 0 Å². The number of hydrogen-bond donors (Lipinski definition) is 1. The molecular weight excluding hydrogens is 256 g/mol. The van der Waals surface area contributed by atoms with E-state index in [0.717, 1.165) is 5.56 Å². The lowest BCUT2D eigenvalue weighted by atomic mass is 10.1. The molecule has 19 heavy (non-hydrogen) atoms. The fraction of sp³-hybridized carbons (Fsp3) is 0.467. The van der Waals surface area contributed by atoms with E-state index in [2.05, 4.69) is 18.7 Å². The van der Waals surface area contributed by atoms with Crippen LogP contribution in [0.15, 0.2) is 30.3 Å². The molecule has 2 atom stereocenters. The van der Waals surface area contributed by atoms with Gasteiger partial charge in [-0.3, -0.25) is 4.79 Å². The van der Waals surface area contributed by atoms with Crippen LogP contribution in [0.2, 0.25) is 0 Å². The van der Waals surface area contributed by atoms with E-state index in [0.29, 0.717) is 19.5 Å². The fourth-order valence-corrected chi connectivity index (χ4v) is 2.26. The molecule has 1 aromatic carbocycles. The molecule has 1 amide bonds. The van der Waals surface area contributed by atoms with Crippen molar-refractivity contribution < 1.29 is 4.79 Å². The molecule has 1 aromatic rings. The van der Waals surface area contributed by atoms with Crippen molar-refractivity contribution in [3.63, 3.8) is 0 Å². The molecule has 0 N–H and O–H groups in total. The van der Waals surface area contributed by atoms with Crippen LogP contribution in [-0.4, -0.2) is 29.1 Å². The lowest BCUT2D eigenvalue weighted by Gasteiger charge is -2.25. The molecule has 0 saturated carbocycles. The molecule has 0 aliphatic carbocycles. The molecule has 0 radical (unpaired) electrons. The first-order chi connectivity index (χ1) is 9.08. The zero-order chi connectivity index (χ0) is 14.3. The number of nitriles is 1. The molecule has 4 heteroatoms. The van der Waals surface area contributed by atoms with Crippen molar-refractivity contribution in [3.8, 4) is 6.07 Å². The van der Waals surface area contributed by atoms with Crippen LogP contribution in [0.4, 0.5) is 0 Å². The third kappa shape index (κ3) is 4.96. The summed E-state index contributed by atoms with van der Waals surface area (Å²) in [5.74, 6) is -0.155. The Morgan fingerprint density at radius 3 is 2.58 bits per heavy atom. The predicted molar refractivity (Wildman–Crippen MR) is 80.0 cm³/mol. The predicted octanol–water partition coefficient (Wildman–Crippen LogP) is 2.54. The zero-order valence-electron chi connectivity index (χ0n) is 11.4. The lowest BCUT2D eigenvalue weighted by molar-refractivity contribution is -0.130. The monoisotopic (exact) mass is 276 g/mol. The number of carbonyl (C=O) groups excluding carboxylic acids is 1. The van der Waals surface area contributed by atoms with Gasteiger partial charge in [0.25, 0.3) is 0 Å². The topological polar surface area (TPSA) is 44.1 Å². The second kappa shape index (κ2) is 7.85. The molecule has 0 saturated heterocycles. The summed E-state index contributed by atoms with van der Waals surface area (Å²) in [6.45, 7) is 4.82. The molecule has 0 fully saturated rings. The molecule has 0 aliphatic heterocycles. The Morgan fingerprint density at radius 2 is 2.05 bits per heavy atom. The van der Waals surface area contributed by atoms with Crippen LogP contribution >= 0.6 is 12.6 Å². The number of benzene rings is 1. The SMILES string of the molecule is CCN(CC(C)C#N)C(=O)C(S)Cc1ccccc1. The number of hydrogen-bond acceptors (Lipinski definition) is 3. The average Bonchev–Trinajstić information content (AvgIpc) is 2.44. The van der Waals surface area contributed by atoms with Gasteiger partial charge in [-0.25, -0.2) is 0 Å². The maximum absolute atomic E-state index is 12.3. The summed E-state index contributed by atoms with van der Waals surface area (Å²) in [6, 6.07) is 12.0. The van der Waals surface area contributed by atoms with Crippen molar-refractivity contribution in [1.82, 2.24) is 4.90 Å². The molecule has 0 aliphatic rings.